The Morgan fingerprint density at radius 2 is 1.90 bits per heavy atom. The number of hydrogen-bond donors (Lipinski definition) is 1. The van der Waals surface area contributed by atoms with Crippen LogP contribution in [0.2, 0.25) is 0 Å². The van der Waals surface area contributed by atoms with Crippen molar-refractivity contribution >= 4 is 11.4 Å². The molecular formula is C15H15FN2O2. The molecule has 0 bridgehead atoms. The molecule has 4 nitrogen and oxygen atoms in total. The van der Waals surface area contributed by atoms with Crippen molar-refractivity contribution in [1.82, 2.24) is 0 Å². The second-order valence-electron chi connectivity index (χ2n) is 4.68. The zero-order valence-corrected chi connectivity index (χ0v) is 11.3. The van der Waals surface area contributed by atoms with Crippen LogP contribution in [0.1, 0.15) is 16.7 Å². The Morgan fingerprint density at radius 1 is 1.15 bits per heavy atom. The molecule has 0 aromatic heterocycles. The molecular weight excluding hydrogens is 259 g/mol. The van der Waals surface area contributed by atoms with Crippen LogP contribution in [0.3, 0.4) is 0 Å². The van der Waals surface area contributed by atoms with Gasteiger partial charge in [0.05, 0.1) is 4.92 Å². The van der Waals surface area contributed by atoms with Crippen LogP contribution in [-0.2, 0) is 6.54 Å². The molecule has 0 saturated carbocycles. The number of nitrogens with zero attached hydrogens (tertiary/aromatic N) is 1. The average molecular weight is 274 g/mol. The number of nitro groups is 1. The van der Waals surface area contributed by atoms with E-state index in [1.807, 2.05) is 6.92 Å². The maximum Gasteiger partial charge on any atom is 0.274 e. The fourth-order valence-corrected chi connectivity index (χ4v) is 1.97. The minimum Gasteiger partial charge on any atom is -0.381 e. The first kappa shape index (κ1) is 14.0. The summed E-state index contributed by atoms with van der Waals surface area (Å²) in [5.41, 5.74) is 3.18. The highest BCUT2D eigenvalue weighted by atomic mass is 19.1. The first-order chi connectivity index (χ1) is 9.47. The summed E-state index contributed by atoms with van der Waals surface area (Å²) in [6, 6.07) is 9.59. The maximum atomic E-state index is 13.0. The third kappa shape index (κ3) is 3.12. The molecule has 0 unspecified atom stereocenters. The van der Waals surface area contributed by atoms with E-state index >= 15 is 0 Å². The topological polar surface area (TPSA) is 55.2 Å². The molecule has 20 heavy (non-hydrogen) atoms. The third-order valence-electron chi connectivity index (χ3n) is 3.19. The van der Waals surface area contributed by atoms with Crippen molar-refractivity contribution < 1.29 is 9.31 Å². The highest BCUT2D eigenvalue weighted by Crippen LogP contribution is 2.23. The molecule has 2 rings (SSSR count). The molecule has 104 valence electrons. The second-order valence-corrected chi connectivity index (χ2v) is 4.68. The first-order valence-corrected chi connectivity index (χ1v) is 6.21. The molecule has 0 heterocycles. The van der Waals surface area contributed by atoms with Gasteiger partial charge in [-0.3, -0.25) is 10.1 Å². The van der Waals surface area contributed by atoms with Crippen LogP contribution in [-0.4, -0.2) is 4.92 Å². The molecule has 0 radical (unpaired) electrons. The molecule has 2 aromatic carbocycles. The fourth-order valence-electron chi connectivity index (χ4n) is 1.97. The lowest BCUT2D eigenvalue weighted by Gasteiger charge is -2.09. The van der Waals surface area contributed by atoms with Crippen molar-refractivity contribution in [1.29, 1.82) is 0 Å². The Bertz CT molecular complexity index is 656. The minimum atomic E-state index is -0.399. The van der Waals surface area contributed by atoms with Gasteiger partial charge in [-0.05, 0) is 43.2 Å². The Morgan fingerprint density at radius 3 is 2.55 bits per heavy atom. The molecule has 1 N–H and O–H groups in total. The number of hydrogen-bond acceptors (Lipinski definition) is 3. The second kappa shape index (κ2) is 5.69. The fraction of sp³-hybridized carbons (Fsp3) is 0.200. The predicted octanol–water partition coefficient (Wildman–Crippen LogP) is 3.96. The van der Waals surface area contributed by atoms with E-state index in [1.165, 1.54) is 18.2 Å². The maximum absolute atomic E-state index is 13.0. The molecule has 0 aliphatic heterocycles. The van der Waals surface area contributed by atoms with Crippen molar-refractivity contribution in [3.8, 4) is 0 Å². The lowest BCUT2D eigenvalue weighted by molar-refractivity contribution is -0.385. The highest BCUT2D eigenvalue weighted by molar-refractivity contribution is 5.55. The number of rotatable bonds is 4. The van der Waals surface area contributed by atoms with Gasteiger partial charge in [-0.15, -0.1) is 0 Å². The molecule has 0 amide bonds. The van der Waals surface area contributed by atoms with Crippen LogP contribution in [0.5, 0.6) is 0 Å². The van der Waals surface area contributed by atoms with Gasteiger partial charge in [-0.2, -0.15) is 0 Å². The molecule has 0 atom stereocenters. The summed E-state index contributed by atoms with van der Waals surface area (Å²) in [5, 5.41) is 14.0. The number of benzene rings is 2. The third-order valence-corrected chi connectivity index (χ3v) is 3.19. The highest BCUT2D eigenvalue weighted by Gasteiger charge is 2.10. The van der Waals surface area contributed by atoms with E-state index in [9.17, 15) is 14.5 Å². The van der Waals surface area contributed by atoms with Crippen LogP contribution >= 0.6 is 0 Å². The van der Waals surface area contributed by atoms with Gasteiger partial charge in [0.2, 0.25) is 0 Å². The Labute approximate surface area is 116 Å². The van der Waals surface area contributed by atoms with Crippen molar-refractivity contribution in [3.63, 3.8) is 0 Å². The quantitative estimate of drug-likeness (QED) is 0.678. The zero-order chi connectivity index (χ0) is 14.7. The van der Waals surface area contributed by atoms with E-state index in [-0.39, 0.29) is 11.5 Å². The Kier molecular flexibility index (Phi) is 3.98. The van der Waals surface area contributed by atoms with Crippen molar-refractivity contribution in [2.24, 2.45) is 0 Å². The molecule has 0 saturated heterocycles. The zero-order valence-electron chi connectivity index (χ0n) is 11.3. The number of halogens is 1. The van der Waals surface area contributed by atoms with E-state index < -0.39 is 4.92 Å². The monoisotopic (exact) mass is 274 g/mol. The molecule has 2 aromatic rings. The molecule has 0 fully saturated rings. The summed E-state index contributed by atoms with van der Waals surface area (Å²) in [6.45, 7) is 4.02. The van der Waals surface area contributed by atoms with Crippen molar-refractivity contribution in [3.05, 3.63) is 69.0 Å². The van der Waals surface area contributed by atoms with Crippen LogP contribution in [0.15, 0.2) is 36.4 Å². The van der Waals surface area contributed by atoms with Gasteiger partial charge < -0.3 is 5.32 Å². The SMILES string of the molecule is Cc1cc(F)ccc1CNc1ccc(C)c([N+](=O)[O-])c1. The van der Waals surface area contributed by atoms with Crippen LogP contribution in [0, 0.1) is 29.8 Å². The van der Waals surface area contributed by atoms with E-state index in [1.54, 1.807) is 25.1 Å². The van der Waals surface area contributed by atoms with Crippen LogP contribution in [0.4, 0.5) is 15.8 Å². The van der Waals surface area contributed by atoms with E-state index in [0.29, 0.717) is 17.8 Å². The predicted molar refractivity (Wildman–Crippen MR) is 76.3 cm³/mol. The molecule has 0 aliphatic carbocycles. The van der Waals surface area contributed by atoms with Crippen molar-refractivity contribution in [2.45, 2.75) is 20.4 Å². The molecule has 0 spiro atoms. The Hall–Kier alpha value is -2.43. The lowest BCUT2D eigenvalue weighted by atomic mass is 10.1. The summed E-state index contributed by atoms with van der Waals surface area (Å²) < 4.78 is 13.0. The van der Waals surface area contributed by atoms with E-state index in [4.69, 9.17) is 0 Å². The standard InChI is InChI=1S/C15H15FN2O2/c1-10-3-6-14(8-15(10)18(19)20)17-9-12-4-5-13(16)7-11(12)2/h3-8,17H,9H2,1-2H3. The van der Waals surface area contributed by atoms with Crippen LogP contribution in [0.25, 0.3) is 0 Å². The number of aryl methyl sites for hydroxylation is 2. The summed E-state index contributed by atoms with van der Waals surface area (Å²) in [7, 11) is 0. The minimum absolute atomic E-state index is 0.0887. The number of anilines is 1. The van der Waals surface area contributed by atoms with Gasteiger partial charge in [0, 0.05) is 23.9 Å². The summed E-state index contributed by atoms with van der Waals surface area (Å²) in [4.78, 5) is 10.5. The first-order valence-electron chi connectivity index (χ1n) is 6.21. The van der Waals surface area contributed by atoms with Gasteiger partial charge in [-0.1, -0.05) is 12.1 Å². The van der Waals surface area contributed by atoms with Gasteiger partial charge in [-0.25, -0.2) is 4.39 Å². The summed E-state index contributed by atoms with van der Waals surface area (Å²) >= 11 is 0. The largest absolute Gasteiger partial charge is 0.381 e. The lowest BCUT2D eigenvalue weighted by Crippen LogP contribution is -2.02. The van der Waals surface area contributed by atoms with E-state index in [0.717, 1.165) is 11.1 Å². The molecule has 5 heteroatoms. The molecule has 0 aliphatic rings. The van der Waals surface area contributed by atoms with Gasteiger partial charge in [0.25, 0.3) is 5.69 Å². The van der Waals surface area contributed by atoms with Gasteiger partial charge in [0.15, 0.2) is 0 Å². The van der Waals surface area contributed by atoms with Gasteiger partial charge >= 0.3 is 0 Å². The van der Waals surface area contributed by atoms with Crippen LogP contribution < -0.4 is 5.32 Å². The summed E-state index contributed by atoms with van der Waals surface area (Å²) in [6.07, 6.45) is 0. The average Bonchev–Trinajstić information content (AvgIpc) is 2.39. The summed E-state index contributed by atoms with van der Waals surface area (Å²) in [5.74, 6) is -0.266. The normalized spacial score (nSPS) is 10.3. The smallest absolute Gasteiger partial charge is 0.274 e. The van der Waals surface area contributed by atoms with Crippen molar-refractivity contribution in [2.75, 3.05) is 5.32 Å². The Balaban J connectivity index is 2.15. The van der Waals surface area contributed by atoms with Gasteiger partial charge in [0.1, 0.15) is 5.82 Å². The van der Waals surface area contributed by atoms with E-state index in [2.05, 4.69) is 5.32 Å². The number of nitro benzene ring substituents is 1. The number of nitrogens with one attached hydrogen (secondary N) is 1.